The second-order valence-electron chi connectivity index (χ2n) is 5.05. The summed E-state index contributed by atoms with van der Waals surface area (Å²) in [4.78, 5) is 0. The SMILES string of the molecule is COc1cnn(C(C)C)c1C(O)c1ccc(C)c(Cl)c1. The van der Waals surface area contributed by atoms with Gasteiger partial charge in [-0.2, -0.15) is 5.10 Å². The van der Waals surface area contributed by atoms with Crippen LogP contribution in [0.25, 0.3) is 0 Å². The van der Waals surface area contributed by atoms with Gasteiger partial charge in [-0.15, -0.1) is 0 Å². The van der Waals surface area contributed by atoms with Gasteiger partial charge in [0.2, 0.25) is 0 Å². The van der Waals surface area contributed by atoms with Crippen molar-refractivity contribution in [2.75, 3.05) is 7.11 Å². The highest BCUT2D eigenvalue weighted by atomic mass is 35.5. The molecule has 1 atom stereocenters. The Labute approximate surface area is 123 Å². The van der Waals surface area contributed by atoms with E-state index < -0.39 is 6.10 Å². The first kappa shape index (κ1) is 14.9. The van der Waals surface area contributed by atoms with Gasteiger partial charge in [0.05, 0.1) is 13.3 Å². The summed E-state index contributed by atoms with van der Waals surface area (Å²) in [5, 5.41) is 15.5. The second-order valence-corrected chi connectivity index (χ2v) is 5.45. The summed E-state index contributed by atoms with van der Waals surface area (Å²) in [6.07, 6.45) is 0.793. The summed E-state index contributed by atoms with van der Waals surface area (Å²) in [5.41, 5.74) is 2.34. The first-order chi connectivity index (χ1) is 9.45. The molecule has 5 heteroatoms. The first-order valence-corrected chi connectivity index (χ1v) is 6.89. The summed E-state index contributed by atoms with van der Waals surface area (Å²) in [6.45, 7) is 5.94. The first-order valence-electron chi connectivity index (χ1n) is 6.51. The molecule has 20 heavy (non-hydrogen) atoms. The van der Waals surface area contributed by atoms with Crippen LogP contribution in [0.5, 0.6) is 5.75 Å². The van der Waals surface area contributed by atoms with E-state index in [2.05, 4.69) is 5.10 Å². The Kier molecular flexibility index (Phi) is 4.35. The summed E-state index contributed by atoms with van der Waals surface area (Å²) in [7, 11) is 1.57. The molecule has 0 spiro atoms. The van der Waals surface area contributed by atoms with Crippen molar-refractivity contribution in [2.24, 2.45) is 0 Å². The van der Waals surface area contributed by atoms with E-state index >= 15 is 0 Å². The van der Waals surface area contributed by atoms with Crippen molar-refractivity contribution >= 4 is 11.6 Å². The molecule has 0 bridgehead atoms. The van der Waals surface area contributed by atoms with Crippen LogP contribution in [0.1, 0.15) is 42.8 Å². The van der Waals surface area contributed by atoms with Gasteiger partial charge in [-0.1, -0.05) is 23.7 Å². The van der Waals surface area contributed by atoms with Gasteiger partial charge in [0.25, 0.3) is 0 Å². The van der Waals surface area contributed by atoms with E-state index in [4.69, 9.17) is 16.3 Å². The second kappa shape index (κ2) is 5.85. The number of hydrogen-bond donors (Lipinski definition) is 1. The number of ether oxygens (including phenoxy) is 1. The number of aliphatic hydroxyl groups excluding tert-OH is 1. The highest BCUT2D eigenvalue weighted by molar-refractivity contribution is 6.31. The van der Waals surface area contributed by atoms with Crippen LogP contribution in [-0.2, 0) is 0 Å². The number of aryl methyl sites for hydroxylation is 1. The lowest BCUT2D eigenvalue weighted by molar-refractivity contribution is 0.199. The minimum Gasteiger partial charge on any atom is -0.493 e. The van der Waals surface area contributed by atoms with Gasteiger partial charge in [0, 0.05) is 11.1 Å². The fourth-order valence-electron chi connectivity index (χ4n) is 2.12. The molecule has 0 fully saturated rings. The molecule has 1 aromatic heterocycles. The third kappa shape index (κ3) is 2.67. The van der Waals surface area contributed by atoms with Crippen molar-refractivity contribution in [3.63, 3.8) is 0 Å². The molecule has 4 nitrogen and oxygen atoms in total. The number of benzene rings is 1. The maximum Gasteiger partial charge on any atom is 0.163 e. The summed E-state index contributed by atoms with van der Waals surface area (Å²) in [5.74, 6) is 0.572. The van der Waals surface area contributed by atoms with Gasteiger partial charge in [-0.25, -0.2) is 0 Å². The lowest BCUT2D eigenvalue weighted by atomic mass is 10.0. The van der Waals surface area contributed by atoms with Crippen LogP contribution in [0.2, 0.25) is 5.02 Å². The fraction of sp³-hybridized carbons (Fsp3) is 0.400. The summed E-state index contributed by atoms with van der Waals surface area (Å²) in [6, 6.07) is 5.66. The molecule has 1 unspecified atom stereocenters. The lowest BCUT2D eigenvalue weighted by Crippen LogP contribution is -2.13. The fourth-order valence-corrected chi connectivity index (χ4v) is 2.31. The zero-order valence-electron chi connectivity index (χ0n) is 12.1. The maximum absolute atomic E-state index is 10.6. The van der Waals surface area contributed by atoms with E-state index in [0.29, 0.717) is 16.5 Å². The Morgan fingerprint density at radius 1 is 1.35 bits per heavy atom. The number of rotatable bonds is 4. The number of nitrogens with zero attached hydrogens (tertiary/aromatic N) is 2. The Morgan fingerprint density at radius 2 is 2.05 bits per heavy atom. The predicted molar refractivity (Wildman–Crippen MR) is 79.4 cm³/mol. The molecule has 0 aliphatic rings. The normalized spacial score (nSPS) is 12.8. The maximum atomic E-state index is 10.6. The number of hydrogen-bond acceptors (Lipinski definition) is 3. The molecule has 108 valence electrons. The molecular weight excluding hydrogens is 276 g/mol. The molecule has 0 radical (unpaired) electrons. The van der Waals surface area contributed by atoms with Crippen LogP contribution < -0.4 is 4.74 Å². The van der Waals surface area contributed by atoms with Crippen molar-refractivity contribution in [3.05, 3.63) is 46.2 Å². The van der Waals surface area contributed by atoms with Crippen LogP contribution >= 0.6 is 11.6 Å². The average Bonchev–Trinajstić information content (AvgIpc) is 2.85. The Balaban J connectivity index is 2.49. The van der Waals surface area contributed by atoms with E-state index in [1.807, 2.05) is 32.9 Å². The van der Waals surface area contributed by atoms with Crippen LogP contribution in [0.3, 0.4) is 0 Å². The molecule has 2 aromatic rings. The zero-order valence-corrected chi connectivity index (χ0v) is 12.8. The van der Waals surface area contributed by atoms with Crippen molar-refractivity contribution in [2.45, 2.75) is 32.9 Å². The van der Waals surface area contributed by atoms with Crippen LogP contribution in [0, 0.1) is 6.92 Å². The van der Waals surface area contributed by atoms with Crippen molar-refractivity contribution in [1.29, 1.82) is 0 Å². The quantitative estimate of drug-likeness (QED) is 0.938. The number of halogens is 1. The van der Waals surface area contributed by atoms with E-state index in [0.717, 1.165) is 11.1 Å². The largest absolute Gasteiger partial charge is 0.493 e. The van der Waals surface area contributed by atoms with E-state index in [9.17, 15) is 5.11 Å². The van der Waals surface area contributed by atoms with Crippen LogP contribution in [-0.4, -0.2) is 22.0 Å². The van der Waals surface area contributed by atoms with E-state index in [1.165, 1.54) is 0 Å². The van der Waals surface area contributed by atoms with Gasteiger partial charge in [-0.3, -0.25) is 4.68 Å². The van der Waals surface area contributed by atoms with Gasteiger partial charge in [0.1, 0.15) is 11.8 Å². The molecule has 1 N–H and O–H groups in total. The number of aromatic nitrogens is 2. The van der Waals surface area contributed by atoms with E-state index in [1.54, 1.807) is 24.1 Å². The average molecular weight is 295 g/mol. The third-order valence-electron chi connectivity index (χ3n) is 3.28. The molecule has 0 aliphatic carbocycles. The molecular formula is C15H19ClN2O2. The Bertz CT molecular complexity index is 608. The smallest absolute Gasteiger partial charge is 0.163 e. The molecule has 1 aromatic carbocycles. The zero-order chi connectivity index (χ0) is 14.9. The monoisotopic (exact) mass is 294 g/mol. The molecule has 0 saturated carbocycles. The Morgan fingerprint density at radius 3 is 2.60 bits per heavy atom. The van der Waals surface area contributed by atoms with Gasteiger partial charge in [0.15, 0.2) is 5.75 Å². The third-order valence-corrected chi connectivity index (χ3v) is 3.69. The van der Waals surface area contributed by atoms with Crippen molar-refractivity contribution < 1.29 is 9.84 Å². The molecule has 0 amide bonds. The van der Waals surface area contributed by atoms with Crippen LogP contribution in [0.15, 0.2) is 24.4 Å². The summed E-state index contributed by atoms with van der Waals surface area (Å²) >= 11 is 6.13. The topological polar surface area (TPSA) is 47.3 Å². The van der Waals surface area contributed by atoms with Crippen molar-refractivity contribution in [1.82, 2.24) is 9.78 Å². The minimum absolute atomic E-state index is 0.129. The lowest BCUT2D eigenvalue weighted by Gasteiger charge is -2.18. The van der Waals surface area contributed by atoms with Gasteiger partial charge in [-0.05, 0) is 38.0 Å². The minimum atomic E-state index is -0.826. The molecule has 0 saturated heterocycles. The van der Waals surface area contributed by atoms with Crippen molar-refractivity contribution in [3.8, 4) is 5.75 Å². The Hall–Kier alpha value is -1.52. The van der Waals surface area contributed by atoms with Gasteiger partial charge >= 0.3 is 0 Å². The number of aliphatic hydroxyl groups is 1. The summed E-state index contributed by atoms with van der Waals surface area (Å²) < 4.78 is 7.06. The molecule has 2 rings (SSSR count). The van der Waals surface area contributed by atoms with Crippen LogP contribution in [0.4, 0.5) is 0 Å². The standard InChI is InChI=1S/C15H19ClN2O2/c1-9(2)18-14(13(20-4)8-17-18)15(19)11-6-5-10(3)12(16)7-11/h5-9,15,19H,1-4H3. The number of methoxy groups -OCH3 is 1. The highest BCUT2D eigenvalue weighted by Gasteiger charge is 2.23. The van der Waals surface area contributed by atoms with Gasteiger partial charge < -0.3 is 9.84 Å². The predicted octanol–water partition coefficient (Wildman–Crippen LogP) is 3.52. The molecule has 0 aliphatic heterocycles. The molecule has 1 heterocycles. The van der Waals surface area contributed by atoms with E-state index in [-0.39, 0.29) is 6.04 Å². The highest BCUT2D eigenvalue weighted by Crippen LogP contribution is 2.33.